The first-order valence-electron chi connectivity index (χ1n) is 6.39. The fraction of sp³-hybridized carbons (Fsp3) is 0.571. The number of hydrogen-bond donors (Lipinski definition) is 2. The third kappa shape index (κ3) is 2.56. The molecule has 1 aromatic carbocycles. The van der Waals surface area contributed by atoms with Crippen molar-refractivity contribution >= 4 is 21.6 Å². The van der Waals surface area contributed by atoms with Crippen LogP contribution in [-0.2, 0) is 0 Å². The first-order valence-corrected chi connectivity index (χ1v) is 7.19. The van der Waals surface area contributed by atoms with E-state index in [1.165, 1.54) is 0 Å². The number of nitrogens with zero attached hydrogens (tertiary/aromatic N) is 1. The van der Waals surface area contributed by atoms with Crippen molar-refractivity contribution < 1.29 is 10.2 Å². The molecule has 18 heavy (non-hydrogen) atoms. The molecule has 1 heterocycles. The molecule has 1 fully saturated rings. The van der Waals surface area contributed by atoms with Crippen LogP contribution in [0.3, 0.4) is 0 Å². The molecule has 0 bridgehead atoms. The lowest BCUT2D eigenvalue weighted by Crippen LogP contribution is -2.35. The van der Waals surface area contributed by atoms with Gasteiger partial charge < -0.3 is 15.1 Å². The molecule has 4 heteroatoms. The van der Waals surface area contributed by atoms with Crippen LogP contribution in [0.2, 0.25) is 0 Å². The van der Waals surface area contributed by atoms with E-state index in [0.717, 1.165) is 28.7 Å². The molecule has 2 rings (SSSR count). The van der Waals surface area contributed by atoms with E-state index in [2.05, 4.69) is 27.8 Å². The molecule has 3 nitrogen and oxygen atoms in total. The summed E-state index contributed by atoms with van der Waals surface area (Å²) in [5, 5.41) is 19.1. The number of hydrogen-bond acceptors (Lipinski definition) is 3. The van der Waals surface area contributed by atoms with Crippen molar-refractivity contribution in [3.05, 3.63) is 28.2 Å². The molecule has 3 atom stereocenters. The molecular formula is C14H20BrNO2. The Morgan fingerprint density at radius 3 is 2.78 bits per heavy atom. The van der Waals surface area contributed by atoms with Crippen LogP contribution in [0.4, 0.5) is 5.69 Å². The van der Waals surface area contributed by atoms with E-state index in [4.69, 9.17) is 0 Å². The van der Waals surface area contributed by atoms with Gasteiger partial charge in [0.15, 0.2) is 0 Å². The summed E-state index contributed by atoms with van der Waals surface area (Å²) in [5.41, 5.74) is 2.00. The van der Waals surface area contributed by atoms with Crippen molar-refractivity contribution in [2.75, 3.05) is 18.1 Å². The second-order valence-corrected chi connectivity index (χ2v) is 5.95. The molecular weight excluding hydrogens is 294 g/mol. The van der Waals surface area contributed by atoms with Gasteiger partial charge in [-0.05, 0) is 52.9 Å². The molecule has 100 valence electrons. The van der Waals surface area contributed by atoms with Gasteiger partial charge in [-0.25, -0.2) is 0 Å². The maximum absolute atomic E-state index is 9.57. The molecule has 1 saturated heterocycles. The van der Waals surface area contributed by atoms with Crippen molar-refractivity contribution in [2.24, 2.45) is 5.92 Å². The largest absolute Gasteiger partial charge is 0.394 e. The quantitative estimate of drug-likeness (QED) is 0.901. The van der Waals surface area contributed by atoms with E-state index in [1.807, 2.05) is 18.2 Å². The number of rotatable bonds is 3. The summed E-state index contributed by atoms with van der Waals surface area (Å²) in [6.45, 7) is 5.10. The average molecular weight is 314 g/mol. The highest BCUT2D eigenvalue weighted by Crippen LogP contribution is 2.35. The van der Waals surface area contributed by atoms with Gasteiger partial charge in [-0.1, -0.05) is 13.0 Å². The Kier molecular flexibility index (Phi) is 4.30. The number of aliphatic hydroxyl groups excluding tert-OH is 2. The third-order valence-electron chi connectivity index (χ3n) is 3.83. The van der Waals surface area contributed by atoms with E-state index in [1.54, 1.807) is 6.92 Å². The van der Waals surface area contributed by atoms with Crippen LogP contribution in [0.25, 0.3) is 0 Å². The highest BCUT2D eigenvalue weighted by Gasteiger charge is 2.31. The maximum atomic E-state index is 9.57. The topological polar surface area (TPSA) is 43.7 Å². The van der Waals surface area contributed by atoms with Crippen LogP contribution in [0, 0.1) is 5.92 Å². The Balaban J connectivity index is 2.28. The van der Waals surface area contributed by atoms with Crippen LogP contribution >= 0.6 is 15.9 Å². The third-order valence-corrected chi connectivity index (χ3v) is 4.47. The van der Waals surface area contributed by atoms with Crippen LogP contribution in [0.15, 0.2) is 22.7 Å². The summed E-state index contributed by atoms with van der Waals surface area (Å²) >= 11 is 3.57. The second-order valence-electron chi connectivity index (χ2n) is 5.10. The molecule has 1 aliphatic rings. The zero-order chi connectivity index (χ0) is 13.3. The second kappa shape index (κ2) is 5.59. The molecule has 0 spiro atoms. The first-order chi connectivity index (χ1) is 8.54. The fourth-order valence-electron chi connectivity index (χ4n) is 2.60. The fourth-order valence-corrected chi connectivity index (χ4v) is 3.23. The lowest BCUT2D eigenvalue weighted by atomic mass is 10.0. The standard InChI is InChI=1S/C14H20BrNO2/c1-9-5-6-16(14(9)8-17)13-4-3-11(10(2)18)7-12(13)15/h3-4,7,9-10,14,17-18H,5-6,8H2,1-2H3/t9?,10-,14?/m1/s1. The number of halogens is 1. The van der Waals surface area contributed by atoms with Crippen LogP contribution in [-0.4, -0.2) is 29.4 Å². The van der Waals surface area contributed by atoms with Gasteiger partial charge in [-0.2, -0.15) is 0 Å². The van der Waals surface area contributed by atoms with E-state index in [-0.39, 0.29) is 12.6 Å². The highest BCUT2D eigenvalue weighted by molar-refractivity contribution is 9.10. The summed E-state index contributed by atoms with van der Waals surface area (Å²) in [6.07, 6.45) is 0.650. The number of benzene rings is 1. The van der Waals surface area contributed by atoms with Gasteiger partial charge >= 0.3 is 0 Å². The molecule has 0 aromatic heterocycles. The number of aliphatic hydroxyl groups is 2. The first kappa shape index (κ1) is 13.8. The predicted octanol–water partition coefficient (Wildman–Crippen LogP) is 2.71. The van der Waals surface area contributed by atoms with Crippen LogP contribution in [0.5, 0.6) is 0 Å². The SMILES string of the molecule is CC1CCN(c2ccc([C@@H](C)O)cc2Br)C1CO. The highest BCUT2D eigenvalue weighted by atomic mass is 79.9. The van der Waals surface area contributed by atoms with E-state index in [0.29, 0.717) is 5.92 Å². The Morgan fingerprint density at radius 2 is 2.22 bits per heavy atom. The Bertz CT molecular complexity index is 422. The van der Waals surface area contributed by atoms with Crippen molar-refractivity contribution in [2.45, 2.75) is 32.4 Å². The molecule has 2 N–H and O–H groups in total. The van der Waals surface area contributed by atoms with Crippen molar-refractivity contribution in [3.8, 4) is 0 Å². The van der Waals surface area contributed by atoms with E-state index in [9.17, 15) is 10.2 Å². The molecule has 2 unspecified atom stereocenters. The van der Waals surface area contributed by atoms with Crippen LogP contribution in [0.1, 0.15) is 31.9 Å². The summed E-state index contributed by atoms with van der Waals surface area (Å²) in [4.78, 5) is 2.25. The Hall–Kier alpha value is -0.580. The molecule has 1 aromatic rings. The molecule has 0 amide bonds. The van der Waals surface area contributed by atoms with Crippen molar-refractivity contribution in [1.82, 2.24) is 0 Å². The minimum absolute atomic E-state index is 0.186. The van der Waals surface area contributed by atoms with Gasteiger partial charge in [0.2, 0.25) is 0 Å². The zero-order valence-electron chi connectivity index (χ0n) is 10.8. The van der Waals surface area contributed by atoms with Gasteiger partial charge in [0.25, 0.3) is 0 Å². The minimum Gasteiger partial charge on any atom is -0.394 e. The van der Waals surface area contributed by atoms with Gasteiger partial charge in [0.1, 0.15) is 0 Å². The van der Waals surface area contributed by atoms with Gasteiger partial charge in [-0.15, -0.1) is 0 Å². The Labute approximate surface area is 117 Å². The number of anilines is 1. The summed E-state index contributed by atoms with van der Waals surface area (Å²) < 4.78 is 0.980. The normalized spacial score (nSPS) is 25.5. The van der Waals surface area contributed by atoms with E-state index < -0.39 is 6.10 Å². The summed E-state index contributed by atoms with van der Waals surface area (Å²) in [6, 6.07) is 6.12. The molecule has 0 aliphatic carbocycles. The zero-order valence-corrected chi connectivity index (χ0v) is 12.4. The molecule has 0 radical (unpaired) electrons. The smallest absolute Gasteiger partial charge is 0.0762 e. The summed E-state index contributed by atoms with van der Waals surface area (Å²) in [7, 11) is 0. The van der Waals surface area contributed by atoms with Gasteiger partial charge in [-0.3, -0.25) is 0 Å². The lowest BCUT2D eigenvalue weighted by Gasteiger charge is -2.28. The predicted molar refractivity (Wildman–Crippen MR) is 76.8 cm³/mol. The van der Waals surface area contributed by atoms with E-state index >= 15 is 0 Å². The summed E-state index contributed by atoms with van der Waals surface area (Å²) in [5.74, 6) is 0.512. The van der Waals surface area contributed by atoms with Gasteiger partial charge in [0.05, 0.1) is 24.4 Å². The van der Waals surface area contributed by atoms with Crippen molar-refractivity contribution in [1.29, 1.82) is 0 Å². The lowest BCUT2D eigenvalue weighted by molar-refractivity contribution is 0.199. The molecule has 0 saturated carbocycles. The average Bonchev–Trinajstić information content (AvgIpc) is 2.70. The Morgan fingerprint density at radius 1 is 1.50 bits per heavy atom. The van der Waals surface area contributed by atoms with Crippen LogP contribution < -0.4 is 4.90 Å². The minimum atomic E-state index is -0.457. The molecule has 1 aliphatic heterocycles. The van der Waals surface area contributed by atoms with Gasteiger partial charge in [0, 0.05) is 11.0 Å². The monoisotopic (exact) mass is 313 g/mol. The maximum Gasteiger partial charge on any atom is 0.0762 e. The van der Waals surface area contributed by atoms with Crippen molar-refractivity contribution in [3.63, 3.8) is 0 Å².